The van der Waals surface area contributed by atoms with Crippen molar-refractivity contribution in [2.45, 2.75) is 16.8 Å². The molecule has 31 heavy (non-hydrogen) atoms. The molecule has 2 aromatic rings. The third kappa shape index (κ3) is 7.10. The van der Waals surface area contributed by atoms with Gasteiger partial charge in [-0.15, -0.1) is 0 Å². The van der Waals surface area contributed by atoms with Crippen molar-refractivity contribution in [1.29, 1.82) is 0 Å². The minimum Gasteiger partial charge on any atom is -0.291 e. The van der Waals surface area contributed by atoms with E-state index in [1.165, 1.54) is 11.8 Å². The second-order valence-corrected chi connectivity index (χ2v) is 8.14. The lowest BCUT2D eigenvalue weighted by Crippen LogP contribution is -2.44. The average Bonchev–Trinajstić information content (AvgIpc) is 2.67. The first-order valence-corrected chi connectivity index (χ1v) is 10.9. The Morgan fingerprint density at radius 2 is 1.77 bits per heavy atom. The van der Waals surface area contributed by atoms with Gasteiger partial charge in [0.05, 0.1) is 11.3 Å². The molecule has 0 aliphatic rings. The number of nitrogens with zero attached hydrogens (tertiary/aromatic N) is 1. The van der Waals surface area contributed by atoms with Gasteiger partial charge < -0.3 is 0 Å². The van der Waals surface area contributed by atoms with Crippen LogP contribution >= 0.6 is 23.5 Å². The number of imide groups is 1. The van der Waals surface area contributed by atoms with E-state index in [2.05, 4.69) is 0 Å². The summed E-state index contributed by atoms with van der Waals surface area (Å²) in [4.78, 5) is 25.2. The molecule has 0 aromatic heterocycles. The maximum Gasteiger partial charge on any atom is 0.446 e. The van der Waals surface area contributed by atoms with Crippen LogP contribution in [0.25, 0.3) is 0 Å². The molecule has 0 aliphatic heterocycles. The Balaban J connectivity index is 2.27. The van der Waals surface area contributed by atoms with Crippen molar-refractivity contribution >= 4 is 41.1 Å². The first-order chi connectivity index (χ1) is 14.5. The fraction of sp³-hybridized carbons (Fsp3) is 0.263. The molecule has 0 saturated carbocycles. The van der Waals surface area contributed by atoms with E-state index < -0.39 is 57.1 Å². The highest BCUT2D eigenvalue weighted by Crippen LogP contribution is 2.38. The average molecular weight is 482 g/mol. The fourth-order valence-electron chi connectivity index (χ4n) is 2.51. The monoisotopic (exact) mass is 482 g/mol. The molecule has 0 fully saturated rings. The molecule has 2 aromatic carbocycles. The standard InChI is InChI=1S/C19H16F6N2O2S2/c1-30-9-3-8-27(15-7-6-11(10-14(15)21)31-19(23,24)25)18(29)26-17(28)12-4-2-5-13(20)16(12)22/h2,4-7,10H,3,8-9H2,1H3,(H,26,28,29). The van der Waals surface area contributed by atoms with Gasteiger partial charge in [-0.05, 0) is 60.5 Å². The van der Waals surface area contributed by atoms with Crippen molar-refractivity contribution in [3.63, 3.8) is 0 Å². The van der Waals surface area contributed by atoms with E-state index in [1.807, 2.05) is 5.32 Å². The zero-order valence-corrected chi connectivity index (χ0v) is 17.6. The van der Waals surface area contributed by atoms with Crippen LogP contribution in [-0.2, 0) is 0 Å². The molecule has 0 heterocycles. The zero-order valence-electron chi connectivity index (χ0n) is 15.9. The fourth-order valence-corrected chi connectivity index (χ4v) is 3.50. The maximum absolute atomic E-state index is 14.5. The molecule has 0 aliphatic carbocycles. The van der Waals surface area contributed by atoms with E-state index in [4.69, 9.17) is 0 Å². The van der Waals surface area contributed by atoms with Crippen LogP contribution in [0.15, 0.2) is 41.3 Å². The van der Waals surface area contributed by atoms with Gasteiger partial charge in [0.25, 0.3) is 5.91 Å². The minimum atomic E-state index is -4.62. The molecule has 3 amide bonds. The van der Waals surface area contributed by atoms with Crippen molar-refractivity contribution in [3.8, 4) is 0 Å². The van der Waals surface area contributed by atoms with Gasteiger partial charge in [0.2, 0.25) is 0 Å². The van der Waals surface area contributed by atoms with Gasteiger partial charge in [0.1, 0.15) is 5.82 Å². The van der Waals surface area contributed by atoms with E-state index in [9.17, 15) is 35.9 Å². The third-order valence-corrected chi connectivity index (χ3v) is 5.25. The van der Waals surface area contributed by atoms with Crippen LogP contribution in [0.4, 0.5) is 36.8 Å². The number of rotatable bonds is 7. The van der Waals surface area contributed by atoms with Crippen LogP contribution in [0.3, 0.4) is 0 Å². The van der Waals surface area contributed by atoms with Crippen LogP contribution < -0.4 is 10.2 Å². The molecule has 0 unspecified atom stereocenters. The third-order valence-electron chi connectivity index (χ3n) is 3.84. The van der Waals surface area contributed by atoms with Gasteiger partial charge in [-0.2, -0.15) is 24.9 Å². The highest BCUT2D eigenvalue weighted by Gasteiger charge is 2.30. The summed E-state index contributed by atoms with van der Waals surface area (Å²) in [5, 5.41) is 1.85. The number of urea groups is 1. The summed E-state index contributed by atoms with van der Waals surface area (Å²) in [5.74, 6) is -4.54. The SMILES string of the molecule is CSCCCN(C(=O)NC(=O)c1cccc(F)c1F)c1ccc(SC(F)(F)F)cc1F. The van der Waals surface area contributed by atoms with Crippen LogP contribution in [-0.4, -0.2) is 36.0 Å². The molecule has 0 saturated heterocycles. The normalized spacial score (nSPS) is 11.3. The highest BCUT2D eigenvalue weighted by molar-refractivity contribution is 8.00. The first-order valence-electron chi connectivity index (χ1n) is 8.64. The predicted octanol–water partition coefficient (Wildman–Crippen LogP) is 5.83. The minimum absolute atomic E-state index is 0.0751. The number of amides is 3. The summed E-state index contributed by atoms with van der Waals surface area (Å²) in [6, 6.07) is 4.28. The number of carbonyl (C=O) groups excluding carboxylic acids is 2. The van der Waals surface area contributed by atoms with Gasteiger partial charge in [-0.25, -0.2) is 18.0 Å². The quantitative estimate of drug-likeness (QED) is 0.307. The van der Waals surface area contributed by atoms with Gasteiger partial charge >= 0.3 is 11.5 Å². The van der Waals surface area contributed by atoms with Crippen LogP contribution in [0, 0.1) is 17.5 Å². The summed E-state index contributed by atoms with van der Waals surface area (Å²) in [7, 11) is 0. The first kappa shape index (κ1) is 24.9. The number of benzene rings is 2. The van der Waals surface area contributed by atoms with Crippen molar-refractivity contribution < 1.29 is 35.9 Å². The molecular formula is C19H16F6N2O2S2. The number of halogens is 6. The summed E-state index contributed by atoms with van der Waals surface area (Å²) < 4.78 is 79.2. The lowest BCUT2D eigenvalue weighted by atomic mass is 10.2. The van der Waals surface area contributed by atoms with Crippen LogP contribution in [0.5, 0.6) is 0 Å². The van der Waals surface area contributed by atoms with E-state index in [1.54, 1.807) is 6.26 Å². The Hall–Kier alpha value is -2.34. The highest BCUT2D eigenvalue weighted by atomic mass is 32.2. The number of nitrogens with one attached hydrogen (secondary N) is 1. The lowest BCUT2D eigenvalue weighted by molar-refractivity contribution is -0.0328. The predicted molar refractivity (Wildman–Crippen MR) is 108 cm³/mol. The molecule has 0 radical (unpaired) electrons. The molecule has 168 valence electrons. The topological polar surface area (TPSA) is 49.4 Å². The number of hydrogen-bond donors (Lipinski definition) is 1. The Kier molecular flexibility index (Phi) is 8.69. The summed E-state index contributed by atoms with van der Waals surface area (Å²) >= 11 is 0.922. The van der Waals surface area contributed by atoms with E-state index in [-0.39, 0.29) is 12.2 Å². The van der Waals surface area contributed by atoms with Gasteiger partial charge in [-0.1, -0.05) is 6.07 Å². The molecule has 1 N–H and O–H groups in total. The zero-order chi connectivity index (χ0) is 23.2. The Bertz CT molecular complexity index is 955. The molecule has 0 spiro atoms. The van der Waals surface area contributed by atoms with Gasteiger partial charge in [-0.3, -0.25) is 15.0 Å². The number of anilines is 1. The molecule has 0 atom stereocenters. The lowest BCUT2D eigenvalue weighted by Gasteiger charge is -2.23. The van der Waals surface area contributed by atoms with E-state index in [0.29, 0.717) is 18.2 Å². The summed E-state index contributed by atoms with van der Waals surface area (Å²) in [6.45, 7) is -0.0751. The van der Waals surface area contributed by atoms with Crippen molar-refractivity contribution in [2.75, 3.05) is 23.5 Å². The second kappa shape index (κ2) is 10.8. The molecular weight excluding hydrogens is 466 g/mol. The molecule has 2 rings (SSSR count). The van der Waals surface area contributed by atoms with Crippen molar-refractivity contribution in [2.24, 2.45) is 0 Å². The van der Waals surface area contributed by atoms with Gasteiger partial charge in [0.15, 0.2) is 11.6 Å². The number of hydrogen-bond acceptors (Lipinski definition) is 4. The molecule has 12 heteroatoms. The van der Waals surface area contributed by atoms with E-state index >= 15 is 0 Å². The van der Waals surface area contributed by atoms with Crippen LogP contribution in [0.1, 0.15) is 16.8 Å². The van der Waals surface area contributed by atoms with Crippen molar-refractivity contribution in [1.82, 2.24) is 5.32 Å². The Morgan fingerprint density at radius 3 is 2.39 bits per heavy atom. The summed E-state index contributed by atoms with van der Waals surface area (Å²) in [5.41, 5.74) is -5.71. The molecule has 0 bridgehead atoms. The van der Waals surface area contributed by atoms with Gasteiger partial charge in [0, 0.05) is 11.4 Å². The number of alkyl halides is 3. The number of carbonyl (C=O) groups is 2. The maximum atomic E-state index is 14.5. The van der Waals surface area contributed by atoms with E-state index in [0.717, 1.165) is 35.2 Å². The Labute approximate surface area is 182 Å². The second-order valence-electron chi connectivity index (χ2n) is 6.02. The smallest absolute Gasteiger partial charge is 0.291 e. The Morgan fingerprint density at radius 1 is 1.06 bits per heavy atom. The van der Waals surface area contributed by atoms with Crippen LogP contribution in [0.2, 0.25) is 0 Å². The number of thioether (sulfide) groups is 2. The van der Waals surface area contributed by atoms with Crippen molar-refractivity contribution in [3.05, 3.63) is 59.4 Å². The summed E-state index contributed by atoms with van der Waals surface area (Å²) in [6.07, 6.45) is 2.17. The largest absolute Gasteiger partial charge is 0.446 e. The molecule has 4 nitrogen and oxygen atoms in total.